The Morgan fingerprint density at radius 2 is 1.95 bits per heavy atom. The zero-order valence-corrected chi connectivity index (χ0v) is 11.9. The summed E-state index contributed by atoms with van der Waals surface area (Å²) in [6, 6.07) is 3.57. The molecule has 0 aromatic heterocycles. The third-order valence-corrected chi connectivity index (χ3v) is 3.44. The first kappa shape index (κ1) is 14.6. The summed E-state index contributed by atoms with van der Waals surface area (Å²) in [4.78, 5) is 13.2. The topological polar surface area (TPSA) is 68.2 Å². The Kier molecular flexibility index (Phi) is 4.46. The predicted molar refractivity (Wildman–Crippen MR) is 71.8 cm³/mol. The molecule has 0 saturated carbocycles. The fourth-order valence-corrected chi connectivity index (χ4v) is 2.51. The molecule has 1 aliphatic heterocycles. The fraction of sp³-hybridized carbons (Fsp3) is 0.500. The smallest absolute Gasteiger partial charge is 0.319 e. The second-order valence-corrected chi connectivity index (χ2v) is 4.62. The SMILES string of the molecule is COC(=O)CN1Cc2c(OC)ccc(OC)c2C(O)C1. The summed E-state index contributed by atoms with van der Waals surface area (Å²) in [5, 5.41) is 10.3. The average Bonchev–Trinajstić information content (AvgIpc) is 2.45. The first-order valence-electron chi connectivity index (χ1n) is 6.31. The second kappa shape index (κ2) is 6.11. The van der Waals surface area contributed by atoms with Gasteiger partial charge in [0.2, 0.25) is 0 Å². The molecule has 0 spiro atoms. The van der Waals surface area contributed by atoms with E-state index >= 15 is 0 Å². The van der Waals surface area contributed by atoms with Crippen molar-refractivity contribution >= 4 is 5.97 Å². The van der Waals surface area contributed by atoms with Crippen LogP contribution in [0.2, 0.25) is 0 Å². The minimum Gasteiger partial charge on any atom is -0.496 e. The lowest BCUT2D eigenvalue weighted by atomic mass is 9.95. The van der Waals surface area contributed by atoms with Crippen LogP contribution in [0, 0.1) is 0 Å². The summed E-state index contributed by atoms with van der Waals surface area (Å²) in [5.41, 5.74) is 1.57. The molecule has 0 bridgehead atoms. The third kappa shape index (κ3) is 2.71. The van der Waals surface area contributed by atoms with Crippen molar-refractivity contribution in [3.05, 3.63) is 23.3 Å². The number of benzene rings is 1. The van der Waals surface area contributed by atoms with Crippen molar-refractivity contribution in [2.24, 2.45) is 0 Å². The van der Waals surface area contributed by atoms with Gasteiger partial charge in [-0.3, -0.25) is 9.69 Å². The van der Waals surface area contributed by atoms with E-state index in [1.165, 1.54) is 7.11 Å². The number of carbonyl (C=O) groups is 1. The minimum absolute atomic E-state index is 0.132. The highest BCUT2D eigenvalue weighted by atomic mass is 16.5. The molecule has 6 heteroatoms. The minimum atomic E-state index is -0.728. The number of fused-ring (bicyclic) bond motifs is 1. The highest BCUT2D eigenvalue weighted by molar-refractivity contribution is 5.71. The molecule has 1 atom stereocenters. The molecule has 1 aromatic carbocycles. The van der Waals surface area contributed by atoms with E-state index in [4.69, 9.17) is 9.47 Å². The molecule has 0 aliphatic carbocycles. The van der Waals surface area contributed by atoms with Crippen LogP contribution in [0.5, 0.6) is 11.5 Å². The third-order valence-electron chi connectivity index (χ3n) is 3.44. The number of hydrogen-bond donors (Lipinski definition) is 1. The van der Waals surface area contributed by atoms with Crippen LogP contribution in [0.25, 0.3) is 0 Å². The van der Waals surface area contributed by atoms with Gasteiger partial charge in [0.15, 0.2) is 0 Å². The standard InChI is InChI=1S/C14H19NO5/c1-18-11-4-5-12(19-2)14-9(11)6-15(7-10(14)16)8-13(17)20-3/h4-5,10,16H,6-8H2,1-3H3. The van der Waals surface area contributed by atoms with Gasteiger partial charge in [0.1, 0.15) is 11.5 Å². The summed E-state index contributed by atoms with van der Waals surface area (Å²) in [6.07, 6.45) is -0.728. The average molecular weight is 281 g/mol. The number of ether oxygens (including phenoxy) is 3. The maximum atomic E-state index is 11.4. The Labute approximate surface area is 117 Å². The zero-order chi connectivity index (χ0) is 14.7. The van der Waals surface area contributed by atoms with Gasteiger partial charge >= 0.3 is 5.97 Å². The first-order chi connectivity index (χ1) is 9.60. The van der Waals surface area contributed by atoms with Crippen molar-refractivity contribution in [2.75, 3.05) is 34.4 Å². The molecule has 0 saturated heterocycles. The van der Waals surface area contributed by atoms with Gasteiger partial charge in [0.25, 0.3) is 0 Å². The number of hydrogen-bond acceptors (Lipinski definition) is 6. The van der Waals surface area contributed by atoms with Crippen LogP contribution in [0.1, 0.15) is 17.2 Å². The molecule has 0 fully saturated rings. The second-order valence-electron chi connectivity index (χ2n) is 4.62. The normalized spacial score (nSPS) is 18.3. The van der Waals surface area contributed by atoms with Crippen molar-refractivity contribution < 1.29 is 24.1 Å². The summed E-state index contributed by atoms with van der Waals surface area (Å²) < 4.78 is 15.3. The van der Waals surface area contributed by atoms with Crippen LogP contribution in [-0.2, 0) is 16.1 Å². The van der Waals surface area contributed by atoms with E-state index in [2.05, 4.69) is 4.74 Å². The molecule has 1 unspecified atom stereocenters. The quantitative estimate of drug-likeness (QED) is 0.820. The van der Waals surface area contributed by atoms with E-state index < -0.39 is 6.10 Å². The largest absolute Gasteiger partial charge is 0.496 e. The lowest BCUT2D eigenvalue weighted by Gasteiger charge is -2.33. The molecule has 110 valence electrons. The lowest BCUT2D eigenvalue weighted by Crippen LogP contribution is -2.38. The molecule has 1 N–H and O–H groups in total. The number of aliphatic hydroxyl groups excluding tert-OH is 1. The maximum Gasteiger partial charge on any atom is 0.319 e. The lowest BCUT2D eigenvalue weighted by molar-refractivity contribution is -0.142. The predicted octanol–water partition coefficient (Wildman–Crippen LogP) is 0.726. The zero-order valence-electron chi connectivity index (χ0n) is 11.9. The molecule has 1 aromatic rings. The van der Waals surface area contributed by atoms with E-state index in [-0.39, 0.29) is 12.5 Å². The van der Waals surface area contributed by atoms with Crippen molar-refractivity contribution in [2.45, 2.75) is 12.6 Å². The van der Waals surface area contributed by atoms with Crippen LogP contribution in [0.4, 0.5) is 0 Å². The van der Waals surface area contributed by atoms with Gasteiger partial charge in [-0.2, -0.15) is 0 Å². The van der Waals surface area contributed by atoms with Crippen LogP contribution < -0.4 is 9.47 Å². The van der Waals surface area contributed by atoms with Crippen LogP contribution in [-0.4, -0.2) is 50.4 Å². The van der Waals surface area contributed by atoms with Crippen molar-refractivity contribution in [1.82, 2.24) is 4.90 Å². The number of β-amino-alcohol motifs (C(OH)–C–C–N with tert-alkyl or cyclic N) is 1. The van der Waals surface area contributed by atoms with E-state index in [9.17, 15) is 9.90 Å². The van der Waals surface area contributed by atoms with Gasteiger partial charge < -0.3 is 19.3 Å². The Morgan fingerprint density at radius 3 is 2.55 bits per heavy atom. The Balaban J connectivity index is 2.35. The van der Waals surface area contributed by atoms with Crippen LogP contribution in [0.3, 0.4) is 0 Å². The number of methoxy groups -OCH3 is 3. The van der Waals surface area contributed by atoms with Gasteiger partial charge in [-0.05, 0) is 12.1 Å². The molecular weight excluding hydrogens is 262 g/mol. The van der Waals surface area contributed by atoms with E-state index in [0.717, 1.165) is 11.1 Å². The van der Waals surface area contributed by atoms with Crippen molar-refractivity contribution in [3.8, 4) is 11.5 Å². The highest BCUT2D eigenvalue weighted by Crippen LogP contribution is 2.39. The number of esters is 1. The van der Waals surface area contributed by atoms with Gasteiger partial charge in [0, 0.05) is 24.2 Å². The van der Waals surface area contributed by atoms with Crippen LogP contribution in [0.15, 0.2) is 12.1 Å². The highest BCUT2D eigenvalue weighted by Gasteiger charge is 2.30. The fourth-order valence-electron chi connectivity index (χ4n) is 2.51. The molecule has 1 heterocycles. The summed E-state index contributed by atoms with van der Waals surface area (Å²) in [5.74, 6) is 0.975. The summed E-state index contributed by atoms with van der Waals surface area (Å²) >= 11 is 0. The first-order valence-corrected chi connectivity index (χ1v) is 6.31. The monoisotopic (exact) mass is 281 g/mol. The van der Waals surface area contributed by atoms with Crippen molar-refractivity contribution in [3.63, 3.8) is 0 Å². The van der Waals surface area contributed by atoms with Gasteiger partial charge in [-0.25, -0.2) is 0 Å². The Hall–Kier alpha value is -1.79. The number of carbonyl (C=O) groups excluding carboxylic acids is 1. The van der Waals surface area contributed by atoms with Gasteiger partial charge in [0.05, 0.1) is 34.0 Å². The van der Waals surface area contributed by atoms with Gasteiger partial charge in [-0.1, -0.05) is 0 Å². The molecular formula is C14H19NO5. The van der Waals surface area contributed by atoms with E-state index in [0.29, 0.717) is 24.6 Å². The maximum absolute atomic E-state index is 11.4. The molecule has 2 rings (SSSR count). The van der Waals surface area contributed by atoms with Gasteiger partial charge in [-0.15, -0.1) is 0 Å². The molecule has 0 radical (unpaired) electrons. The number of aliphatic hydroxyl groups is 1. The molecule has 6 nitrogen and oxygen atoms in total. The van der Waals surface area contributed by atoms with Crippen LogP contribution >= 0.6 is 0 Å². The Morgan fingerprint density at radius 1 is 1.30 bits per heavy atom. The summed E-state index contributed by atoms with van der Waals surface area (Å²) in [7, 11) is 4.49. The van der Waals surface area contributed by atoms with Crippen molar-refractivity contribution in [1.29, 1.82) is 0 Å². The molecule has 20 heavy (non-hydrogen) atoms. The number of rotatable bonds is 4. The van der Waals surface area contributed by atoms with E-state index in [1.807, 2.05) is 4.90 Å². The molecule has 0 amide bonds. The van der Waals surface area contributed by atoms with E-state index in [1.54, 1.807) is 26.4 Å². The number of nitrogens with zero attached hydrogens (tertiary/aromatic N) is 1. The Bertz CT molecular complexity index is 503. The summed E-state index contributed by atoms with van der Waals surface area (Å²) in [6.45, 7) is 0.987. The molecule has 1 aliphatic rings.